The van der Waals surface area contributed by atoms with Crippen LogP contribution in [-0.2, 0) is 7.05 Å². The van der Waals surface area contributed by atoms with Crippen molar-refractivity contribution in [3.8, 4) is 0 Å². The molecule has 5 heteroatoms. The van der Waals surface area contributed by atoms with Gasteiger partial charge in [0, 0.05) is 43.8 Å². The van der Waals surface area contributed by atoms with Gasteiger partial charge in [-0.3, -0.25) is 4.79 Å². The molecule has 5 nitrogen and oxygen atoms in total. The molecule has 1 atom stereocenters. The van der Waals surface area contributed by atoms with Crippen molar-refractivity contribution in [3.05, 3.63) is 54.1 Å². The smallest absolute Gasteiger partial charge is 0.203 e. The van der Waals surface area contributed by atoms with Crippen LogP contribution in [0.4, 0.5) is 5.82 Å². The van der Waals surface area contributed by atoms with Crippen LogP contribution in [0.3, 0.4) is 0 Å². The van der Waals surface area contributed by atoms with E-state index in [-0.39, 0.29) is 11.7 Å². The van der Waals surface area contributed by atoms with Crippen molar-refractivity contribution < 1.29 is 4.79 Å². The van der Waals surface area contributed by atoms with Crippen molar-refractivity contribution >= 4 is 22.5 Å². The lowest BCUT2D eigenvalue weighted by Gasteiger charge is -2.33. The molecule has 1 saturated heterocycles. The molecule has 0 N–H and O–H groups in total. The number of Topliss-reactive ketones (excluding diaryl/α,β-unsaturated/α-hetero) is 1. The van der Waals surface area contributed by atoms with Crippen molar-refractivity contribution in [3.63, 3.8) is 0 Å². The number of hydrogen-bond acceptors (Lipinski definition) is 4. The van der Waals surface area contributed by atoms with E-state index < -0.39 is 0 Å². The molecular formula is C20H22N4O. The highest BCUT2D eigenvalue weighted by Gasteiger charge is 2.29. The third-order valence-electron chi connectivity index (χ3n) is 5.07. The molecule has 3 aromatic rings. The number of ketones is 1. The summed E-state index contributed by atoms with van der Waals surface area (Å²) in [6.07, 6.45) is 5.41. The molecule has 128 valence electrons. The van der Waals surface area contributed by atoms with Gasteiger partial charge < -0.3 is 9.47 Å². The molecule has 25 heavy (non-hydrogen) atoms. The lowest BCUT2D eigenvalue weighted by Crippen LogP contribution is -2.39. The van der Waals surface area contributed by atoms with Gasteiger partial charge in [-0.2, -0.15) is 0 Å². The number of hydrogen-bond donors (Lipinski definition) is 0. The summed E-state index contributed by atoms with van der Waals surface area (Å²) in [7, 11) is 1.87. The fraction of sp³-hybridized carbons (Fsp3) is 0.350. The number of carbonyl (C=O) groups excluding carboxylic acids is 1. The second-order valence-electron chi connectivity index (χ2n) is 6.83. The maximum atomic E-state index is 12.8. The highest BCUT2D eigenvalue weighted by atomic mass is 16.1. The summed E-state index contributed by atoms with van der Waals surface area (Å²) in [5.41, 5.74) is 2.23. The second-order valence-corrected chi connectivity index (χ2v) is 6.83. The minimum Gasteiger partial charge on any atom is -0.356 e. The molecule has 0 amide bonds. The van der Waals surface area contributed by atoms with Gasteiger partial charge in [-0.25, -0.2) is 9.97 Å². The normalized spacial score (nSPS) is 17.8. The predicted molar refractivity (Wildman–Crippen MR) is 99.0 cm³/mol. The summed E-state index contributed by atoms with van der Waals surface area (Å²) >= 11 is 0. The molecule has 1 fully saturated rings. The maximum Gasteiger partial charge on any atom is 0.203 e. The predicted octanol–water partition coefficient (Wildman–Crippen LogP) is 3.38. The zero-order valence-corrected chi connectivity index (χ0v) is 14.6. The first-order valence-electron chi connectivity index (χ1n) is 8.76. The zero-order valence-electron chi connectivity index (χ0n) is 14.6. The highest BCUT2D eigenvalue weighted by molar-refractivity contribution is 5.95. The molecule has 3 heterocycles. The number of benzene rings is 1. The Morgan fingerprint density at radius 3 is 2.92 bits per heavy atom. The Morgan fingerprint density at radius 2 is 2.12 bits per heavy atom. The summed E-state index contributed by atoms with van der Waals surface area (Å²) in [6.45, 7) is 3.76. The molecule has 1 unspecified atom stereocenters. The molecule has 0 bridgehead atoms. The lowest BCUT2D eigenvalue weighted by atomic mass is 9.93. The average Bonchev–Trinajstić information content (AvgIpc) is 3.07. The van der Waals surface area contributed by atoms with Crippen LogP contribution in [0.15, 0.2) is 42.7 Å². The van der Waals surface area contributed by atoms with E-state index >= 15 is 0 Å². The maximum absolute atomic E-state index is 12.8. The van der Waals surface area contributed by atoms with E-state index in [1.165, 1.54) is 10.9 Å². The molecule has 4 rings (SSSR count). The summed E-state index contributed by atoms with van der Waals surface area (Å²) < 4.78 is 1.81. The Hall–Kier alpha value is -2.69. The first-order chi connectivity index (χ1) is 12.1. The average molecular weight is 334 g/mol. The molecule has 1 aromatic carbocycles. The number of carbonyl (C=O) groups is 1. The number of aryl methyl sites for hydroxylation is 2. The van der Waals surface area contributed by atoms with E-state index in [9.17, 15) is 4.79 Å². The first-order valence-corrected chi connectivity index (χ1v) is 8.76. The Kier molecular flexibility index (Phi) is 3.99. The Bertz CT molecular complexity index is 930. The van der Waals surface area contributed by atoms with Crippen molar-refractivity contribution in [2.75, 3.05) is 18.0 Å². The first kappa shape index (κ1) is 15.8. The number of pyridine rings is 1. The van der Waals surface area contributed by atoms with Gasteiger partial charge in [-0.1, -0.05) is 18.2 Å². The molecule has 0 radical (unpaired) electrons. The monoisotopic (exact) mass is 334 g/mol. The van der Waals surface area contributed by atoms with E-state index in [1.54, 1.807) is 10.8 Å². The van der Waals surface area contributed by atoms with Crippen LogP contribution in [0, 0.1) is 12.8 Å². The molecule has 0 spiro atoms. The van der Waals surface area contributed by atoms with E-state index in [0.717, 1.165) is 30.7 Å². The summed E-state index contributed by atoms with van der Waals surface area (Å²) in [5.74, 6) is 1.63. The number of para-hydroxylation sites is 1. The van der Waals surface area contributed by atoms with Crippen LogP contribution in [-0.4, -0.2) is 33.4 Å². The summed E-state index contributed by atoms with van der Waals surface area (Å²) in [5, 5.41) is 1.18. The van der Waals surface area contributed by atoms with Crippen molar-refractivity contribution in [2.45, 2.75) is 19.8 Å². The Labute approximate surface area is 147 Å². The third kappa shape index (κ3) is 2.90. The van der Waals surface area contributed by atoms with E-state index in [1.807, 2.05) is 31.4 Å². The van der Waals surface area contributed by atoms with Crippen LogP contribution < -0.4 is 4.90 Å². The highest BCUT2D eigenvalue weighted by Crippen LogP contribution is 2.27. The van der Waals surface area contributed by atoms with Gasteiger partial charge >= 0.3 is 0 Å². The van der Waals surface area contributed by atoms with E-state index in [2.05, 4.69) is 28.9 Å². The lowest BCUT2D eigenvalue weighted by molar-refractivity contribution is 0.0893. The molecule has 2 aromatic heterocycles. The SMILES string of the molecule is Cc1cc(N2CCCC(C(=O)c3nccn3C)C2)nc2ccccc12. The third-order valence-corrected chi connectivity index (χ3v) is 5.07. The quantitative estimate of drug-likeness (QED) is 0.689. The van der Waals surface area contributed by atoms with Gasteiger partial charge in [-0.05, 0) is 37.5 Å². The van der Waals surface area contributed by atoms with Crippen LogP contribution in [0.2, 0.25) is 0 Å². The molecule has 0 aliphatic carbocycles. The molecule has 0 saturated carbocycles. The zero-order chi connectivity index (χ0) is 17.4. The minimum atomic E-state index is -0.0246. The van der Waals surface area contributed by atoms with Gasteiger partial charge in [0.1, 0.15) is 5.82 Å². The number of nitrogens with zero attached hydrogens (tertiary/aromatic N) is 4. The van der Waals surface area contributed by atoms with Crippen LogP contribution in [0.25, 0.3) is 10.9 Å². The van der Waals surface area contributed by atoms with Gasteiger partial charge in [0.25, 0.3) is 0 Å². The number of piperidine rings is 1. The van der Waals surface area contributed by atoms with E-state index in [0.29, 0.717) is 12.4 Å². The number of fused-ring (bicyclic) bond motifs is 1. The van der Waals surface area contributed by atoms with Crippen molar-refractivity contribution in [1.29, 1.82) is 0 Å². The van der Waals surface area contributed by atoms with Crippen LogP contribution in [0.5, 0.6) is 0 Å². The Balaban J connectivity index is 1.61. The standard InChI is InChI=1S/C20H22N4O/c1-14-12-18(22-17-8-4-3-7-16(14)17)24-10-5-6-15(13-24)19(25)20-21-9-11-23(20)2/h3-4,7-9,11-12,15H,5-6,10,13H2,1-2H3. The van der Waals surface area contributed by atoms with Crippen LogP contribution >= 0.6 is 0 Å². The topological polar surface area (TPSA) is 51.0 Å². The van der Waals surface area contributed by atoms with Gasteiger partial charge in [-0.15, -0.1) is 0 Å². The van der Waals surface area contributed by atoms with Crippen LogP contribution in [0.1, 0.15) is 29.0 Å². The van der Waals surface area contributed by atoms with Gasteiger partial charge in [0.2, 0.25) is 5.78 Å². The van der Waals surface area contributed by atoms with Crippen molar-refractivity contribution in [2.24, 2.45) is 13.0 Å². The summed E-state index contributed by atoms with van der Waals surface area (Å²) in [4.78, 5) is 24.1. The second kappa shape index (κ2) is 6.31. The number of aromatic nitrogens is 3. The Morgan fingerprint density at radius 1 is 1.28 bits per heavy atom. The van der Waals surface area contributed by atoms with Crippen molar-refractivity contribution in [1.82, 2.24) is 14.5 Å². The minimum absolute atomic E-state index is 0.0246. The van der Waals surface area contributed by atoms with Gasteiger partial charge in [0.15, 0.2) is 5.82 Å². The fourth-order valence-electron chi connectivity index (χ4n) is 3.68. The van der Waals surface area contributed by atoms with Gasteiger partial charge in [0.05, 0.1) is 5.52 Å². The number of rotatable bonds is 3. The summed E-state index contributed by atoms with van der Waals surface area (Å²) in [6, 6.07) is 10.3. The number of imidazole rings is 1. The number of anilines is 1. The molecule has 1 aliphatic heterocycles. The molecular weight excluding hydrogens is 312 g/mol. The van der Waals surface area contributed by atoms with E-state index in [4.69, 9.17) is 4.98 Å². The fourth-order valence-corrected chi connectivity index (χ4v) is 3.68. The molecule has 1 aliphatic rings. The largest absolute Gasteiger partial charge is 0.356 e.